The maximum atomic E-state index is 12.3. The number of amides is 1. The van der Waals surface area contributed by atoms with E-state index in [4.69, 9.17) is 23.2 Å². The third-order valence-electron chi connectivity index (χ3n) is 2.68. The van der Waals surface area contributed by atoms with E-state index in [2.05, 4.69) is 10.6 Å². The zero-order chi connectivity index (χ0) is 14.5. The van der Waals surface area contributed by atoms with E-state index in [1.807, 2.05) is 6.92 Å². The lowest BCUT2D eigenvalue weighted by molar-refractivity contribution is 0.102. The topological polar surface area (TPSA) is 41.1 Å². The standard InChI is InChI=1S/C15H14Cl2N2O/c1-2-18-14-7-6-11(17)9-13(14)15(20)19-12-5-3-4-10(16)8-12/h3-9,18H,2H2,1H3,(H,19,20). The van der Waals surface area contributed by atoms with Gasteiger partial charge in [-0.15, -0.1) is 0 Å². The van der Waals surface area contributed by atoms with Crippen LogP contribution in [0.5, 0.6) is 0 Å². The Morgan fingerprint density at radius 3 is 2.55 bits per heavy atom. The van der Waals surface area contributed by atoms with Crippen LogP contribution in [0.3, 0.4) is 0 Å². The predicted molar refractivity (Wildman–Crippen MR) is 85.0 cm³/mol. The molecule has 20 heavy (non-hydrogen) atoms. The molecule has 2 aromatic carbocycles. The molecule has 0 unspecified atom stereocenters. The van der Waals surface area contributed by atoms with E-state index in [1.165, 1.54) is 0 Å². The minimum Gasteiger partial charge on any atom is -0.385 e. The van der Waals surface area contributed by atoms with Crippen molar-refractivity contribution in [1.29, 1.82) is 0 Å². The molecule has 0 heterocycles. The lowest BCUT2D eigenvalue weighted by Crippen LogP contribution is -2.14. The lowest BCUT2D eigenvalue weighted by atomic mass is 10.1. The highest BCUT2D eigenvalue weighted by atomic mass is 35.5. The molecule has 1 amide bonds. The Kier molecular flexibility index (Phi) is 4.88. The third-order valence-corrected chi connectivity index (χ3v) is 3.15. The molecular weight excluding hydrogens is 295 g/mol. The van der Waals surface area contributed by atoms with Gasteiger partial charge in [0.15, 0.2) is 0 Å². The molecule has 0 aliphatic rings. The number of carbonyl (C=O) groups excluding carboxylic acids is 1. The molecule has 2 N–H and O–H groups in total. The van der Waals surface area contributed by atoms with E-state index >= 15 is 0 Å². The molecule has 0 atom stereocenters. The number of rotatable bonds is 4. The number of anilines is 2. The van der Waals surface area contributed by atoms with Gasteiger partial charge in [-0.3, -0.25) is 4.79 Å². The summed E-state index contributed by atoms with van der Waals surface area (Å²) < 4.78 is 0. The fourth-order valence-electron chi connectivity index (χ4n) is 1.81. The Morgan fingerprint density at radius 2 is 1.85 bits per heavy atom. The van der Waals surface area contributed by atoms with Gasteiger partial charge in [0.1, 0.15) is 0 Å². The number of benzene rings is 2. The van der Waals surface area contributed by atoms with Crippen LogP contribution < -0.4 is 10.6 Å². The van der Waals surface area contributed by atoms with Gasteiger partial charge in [-0.2, -0.15) is 0 Å². The normalized spacial score (nSPS) is 10.2. The van der Waals surface area contributed by atoms with Crippen LogP contribution in [0.1, 0.15) is 17.3 Å². The molecule has 0 fully saturated rings. The minimum absolute atomic E-state index is 0.231. The summed E-state index contributed by atoms with van der Waals surface area (Å²) in [5, 5.41) is 7.03. The Bertz CT molecular complexity index is 629. The van der Waals surface area contributed by atoms with Gasteiger partial charge in [0, 0.05) is 28.0 Å². The maximum Gasteiger partial charge on any atom is 0.257 e. The van der Waals surface area contributed by atoms with Crippen LogP contribution >= 0.6 is 23.2 Å². The van der Waals surface area contributed by atoms with E-state index in [-0.39, 0.29) is 5.91 Å². The smallest absolute Gasteiger partial charge is 0.257 e. The Balaban J connectivity index is 2.26. The quantitative estimate of drug-likeness (QED) is 0.861. The molecular formula is C15H14Cl2N2O. The maximum absolute atomic E-state index is 12.3. The largest absolute Gasteiger partial charge is 0.385 e. The number of carbonyl (C=O) groups is 1. The summed E-state index contributed by atoms with van der Waals surface area (Å²) in [4.78, 5) is 12.3. The highest BCUT2D eigenvalue weighted by Crippen LogP contribution is 2.22. The van der Waals surface area contributed by atoms with Crippen LogP contribution in [0.25, 0.3) is 0 Å². The Labute approximate surface area is 127 Å². The average Bonchev–Trinajstić information content (AvgIpc) is 2.41. The van der Waals surface area contributed by atoms with Gasteiger partial charge >= 0.3 is 0 Å². The monoisotopic (exact) mass is 308 g/mol. The van der Waals surface area contributed by atoms with E-state index in [1.54, 1.807) is 42.5 Å². The van der Waals surface area contributed by atoms with Crippen LogP contribution in [0.15, 0.2) is 42.5 Å². The van der Waals surface area contributed by atoms with Crippen molar-refractivity contribution in [3.8, 4) is 0 Å². The zero-order valence-corrected chi connectivity index (χ0v) is 12.4. The van der Waals surface area contributed by atoms with Gasteiger partial charge in [-0.05, 0) is 43.3 Å². The summed E-state index contributed by atoms with van der Waals surface area (Å²) >= 11 is 11.9. The first-order chi connectivity index (χ1) is 9.60. The van der Waals surface area contributed by atoms with E-state index in [9.17, 15) is 4.79 Å². The van der Waals surface area contributed by atoms with Crippen molar-refractivity contribution < 1.29 is 4.79 Å². The van der Waals surface area contributed by atoms with Gasteiger partial charge in [0.2, 0.25) is 0 Å². The summed E-state index contributed by atoms with van der Waals surface area (Å²) in [5.41, 5.74) is 1.89. The van der Waals surface area contributed by atoms with E-state index < -0.39 is 0 Å². The molecule has 0 radical (unpaired) electrons. The van der Waals surface area contributed by atoms with Gasteiger partial charge in [0.25, 0.3) is 5.91 Å². The van der Waals surface area contributed by atoms with Crippen molar-refractivity contribution in [3.63, 3.8) is 0 Å². The zero-order valence-electron chi connectivity index (χ0n) is 10.9. The molecule has 0 spiro atoms. The molecule has 5 heteroatoms. The van der Waals surface area contributed by atoms with Gasteiger partial charge in [0.05, 0.1) is 5.56 Å². The van der Waals surface area contributed by atoms with Gasteiger partial charge < -0.3 is 10.6 Å². The fourth-order valence-corrected chi connectivity index (χ4v) is 2.18. The van der Waals surface area contributed by atoms with Gasteiger partial charge in [-0.25, -0.2) is 0 Å². The summed E-state index contributed by atoms with van der Waals surface area (Å²) in [5.74, 6) is -0.231. The molecule has 104 valence electrons. The first-order valence-electron chi connectivity index (χ1n) is 6.20. The molecule has 0 bridgehead atoms. The molecule has 0 saturated carbocycles. The van der Waals surface area contributed by atoms with Crippen LogP contribution in [0.2, 0.25) is 10.0 Å². The minimum atomic E-state index is -0.231. The average molecular weight is 309 g/mol. The fraction of sp³-hybridized carbons (Fsp3) is 0.133. The SMILES string of the molecule is CCNc1ccc(Cl)cc1C(=O)Nc1cccc(Cl)c1. The van der Waals surface area contributed by atoms with Crippen LogP contribution in [0, 0.1) is 0 Å². The second kappa shape index (κ2) is 6.64. The van der Waals surface area contributed by atoms with Crippen LogP contribution in [-0.2, 0) is 0 Å². The first-order valence-corrected chi connectivity index (χ1v) is 6.96. The van der Waals surface area contributed by atoms with Crippen LogP contribution in [0.4, 0.5) is 11.4 Å². The number of hydrogen-bond acceptors (Lipinski definition) is 2. The highest BCUT2D eigenvalue weighted by Gasteiger charge is 2.12. The Morgan fingerprint density at radius 1 is 1.10 bits per heavy atom. The number of hydrogen-bond donors (Lipinski definition) is 2. The molecule has 0 saturated heterocycles. The second-order valence-electron chi connectivity index (χ2n) is 4.18. The van der Waals surface area contributed by atoms with E-state index in [0.717, 1.165) is 12.2 Å². The Hall–Kier alpha value is -1.71. The molecule has 0 aliphatic carbocycles. The third kappa shape index (κ3) is 3.65. The first kappa shape index (κ1) is 14.7. The summed E-state index contributed by atoms with van der Waals surface area (Å²) in [6, 6.07) is 12.2. The number of halogens is 2. The van der Waals surface area contributed by atoms with Crippen molar-refractivity contribution in [3.05, 3.63) is 58.1 Å². The molecule has 2 rings (SSSR count). The van der Waals surface area contributed by atoms with E-state index in [0.29, 0.717) is 21.3 Å². The predicted octanol–water partition coefficient (Wildman–Crippen LogP) is 4.68. The molecule has 3 nitrogen and oxygen atoms in total. The van der Waals surface area contributed by atoms with Crippen molar-refractivity contribution >= 4 is 40.5 Å². The van der Waals surface area contributed by atoms with Crippen molar-refractivity contribution in [2.24, 2.45) is 0 Å². The molecule has 0 aliphatic heterocycles. The highest BCUT2D eigenvalue weighted by molar-refractivity contribution is 6.31. The van der Waals surface area contributed by atoms with Crippen LogP contribution in [-0.4, -0.2) is 12.5 Å². The summed E-state index contributed by atoms with van der Waals surface area (Å²) in [6.07, 6.45) is 0. The van der Waals surface area contributed by atoms with Crippen molar-refractivity contribution in [2.45, 2.75) is 6.92 Å². The number of nitrogens with one attached hydrogen (secondary N) is 2. The summed E-state index contributed by atoms with van der Waals surface area (Å²) in [7, 11) is 0. The second-order valence-corrected chi connectivity index (χ2v) is 5.06. The van der Waals surface area contributed by atoms with Crippen molar-refractivity contribution in [1.82, 2.24) is 0 Å². The van der Waals surface area contributed by atoms with Crippen molar-refractivity contribution in [2.75, 3.05) is 17.2 Å². The van der Waals surface area contributed by atoms with Gasteiger partial charge in [-0.1, -0.05) is 29.3 Å². The molecule has 2 aromatic rings. The molecule has 0 aromatic heterocycles. The summed E-state index contributed by atoms with van der Waals surface area (Å²) in [6.45, 7) is 2.69. The lowest BCUT2D eigenvalue weighted by Gasteiger charge is -2.11.